The minimum Gasteiger partial charge on any atom is -0.489 e. The highest BCUT2D eigenvalue weighted by atomic mass is 35.5. The molecule has 3 nitrogen and oxygen atoms in total. The molecular weight excluding hydrogens is 415 g/mol. The van der Waals surface area contributed by atoms with Gasteiger partial charge in [0.15, 0.2) is 0 Å². The van der Waals surface area contributed by atoms with E-state index >= 15 is 0 Å². The quantitative estimate of drug-likeness (QED) is 0.511. The van der Waals surface area contributed by atoms with Crippen molar-refractivity contribution in [2.45, 2.75) is 19.1 Å². The first-order valence-corrected chi connectivity index (χ1v) is 11.1. The molecule has 156 valence electrons. The van der Waals surface area contributed by atoms with Crippen LogP contribution in [-0.4, -0.2) is 31.1 Å². The lowest BCUT2D eigenvalue weighted by Crippen LogP contribution is -2.33. The molecule has 30 heavy (non-hydrogen) atoms. The van der Waals surface area contributed by atoms with Gasteiger partial charge in [0.05, 0.1) is 16.1 Å². The van der Waals surface area contributed by atoms with E-state index in [1.807, 2.05) is 30.3 Å². The summed E-state index contributed by atoms with van der Waals surface area (Å²) in [7, 11) is 0. The standard InChI is InChI=1S/C25H26Cl2N2O/c26-23-12-9-21(17-24(23)27)25(29-15-4-13-28-14-16-29)20-7-10-22(11-8-20)30-18-19-5-2-1-3-6-19/h1-3,5-12,17,25,28H,4,13-16,18H2. The van der Waals surface area contributed by atoms with Gasteiger partial charge in [-0.2, -0.15) is 0 Å². The molecule has 1 atom stereocenters. The first-order valence-electron chi connectivity index (χ1n) is 10.4. The van der Waals surface area contributed by atoms with Crippen molar-refractivity contribution in [2.24, 2.45) is 0 Å². The second-order valence-corrected chi connectivity index (χ2v) is 8.37. The molecule has 1 N–H and O–H groups in total. The summed E-state index contributed by atoms with van der Waals surface area (Å²) in [6, 6.07) is 24.7. The number of hydrogen-bond acceptors (Lipinski definition) is 3. The van der Waals surface area contributed by atoms with Gasteiger partial charge in [0, 0.05) is 19.6 Å². The van der Waals surface area contributed by atoms with Gasteiger partial charge >= 0.3 is 0 Å². The number of hydrogen-bond donors (Lipinski definition) is 1. The van der Waals surface area contributed by atoms with Crippen LogP contribution in [0.15, 0.2) is 72.8 Å². The van der Waals surface area contributed by atoms with Gasteiger partial charge in [-0.15, -0.1) is 0 Å². The summed E-state index contributed by atoms with van der Waals surface area (Å²) in [5.74, 6) is 0.869. The lowest BCUT2D eigenvalue weighted by molar-refractivity contribution is 0.241. The van der Waals surface area contributed by atoms with E-state index in [0.29, 0.717) is 16.7 Å². The third-order valence-electron chi connectivity index (χ3n) is 5.44. The van der Waals surface area contributed by atoms with Crippen molar-refractivity contribution in [3.63, 3.8) is 0 Å². The van der Waals surface area contributed by atoms with Crippen LogP contribution >= 0.6 is 23.2 Å². The fourth-order valence-electron chi connectivity index (χ4n) is 3.91. The summed E-state index contributed by atoms with van der Waals surface area (Å²) in [5.41, 5.74) is 3.54. The normalized spacial score (nSPS) is 16.1. The molecule has 1 fully saturated rings. The molecule has 0 radical (unpaired) electrons. The molecule has 1 heterocycles. The number of nitrogens with zero attached hydrogens (tertiary/aromatic N) is 1. The van der Waals surface area contributed by atoms with Crippen molar-refractivity contribution in [3.8, 4) is 5.75 Å². The van der Waals surface area contributed by atoms with Gasteiger partial charge < -0.3 is 10.1 Å². The molecule has 0 aromatic heterocycles. The molecule has 1 aliphatic rings. The Labute approximate surface area is 188 Å². The van der Waals surface area contributed by atoms with Crippen molar-refractivity contribution in [3.05, 3.63) is 99.5 Å². The van der Waals surface area contributed by atoms with Crippen LogP contribution in [0.2, 0.25) is 10.0 Å². The minimum atomic E-state index is 0.128. The Hall–Kier alpha value is -2.04. The Morgan fingerprint density at radius 2 is 1.60 bits per heavy atom. The molecule has 3 aromatic carbocycles. The molecule has 1 aliphatic heterocycles. The predicted octanol–water partition coefficient (Wildman–Crippen LogP) is 5.96. The molecule has 4 rings (SSSR count). The third kappa shape index (κ3) is 5.35. The Balaban J connectivity index is 1.57. The molecule has 0 saturated carbocycles. The highest BCUT2D eigenvalue weighted by Crippen LogP contribution is 2.34. The maximum atomic E-state index is 6.36. The second-order valence-electron chi connectivity index (χ2n) is 7.56. The largest absolute Gasteiger partial charge is 0.489 e. The van der Waals surface area contributed by atoms with Crippen LogP contribution < -0.4 is 10.1 Å². The van der Waals surface area contributed by atoms with Gasteiger partial charge in [-0.1, -0.05) is 71.7 Å². The first kappa shape index (κ1) is 21.2. The van der Waals surface area contributed by atoms with Gasteiger partial charge in [0.25, 0.3) is 0 Å². The van der Waals surface area contributed by atoms with E-state index in [1.165, 1.54) is 5.56 Å². The minimum absolute atomic E-state index is 0.128. The zero-order valence-electron chi connectivity index (χ0n) is 16.9. The molecule has 0 aliphatic carbocycles. The molecule has 1 unspecified atom stereocenters. The van der Waals surface area contributed by atoms with E-state index < -0.39 is 0 Å². The summed E-state index contributed by atoms with van der Waals surface area (Å²) >= 11 is 12.5. The van der Waals surface area contributed by atoms with Crippen LogP contribution in [0.5, 0.6) is 5.75 Å². The smallest absolute Gasteiger partial charge is 0.119 e. The molecule has 1 saturated heterocycles. The maximum Gasteiger partial charge on any atom is 0.119 e. The molecule has 5 heteroatoms. The van der Waals surface area contributed by atoms with Gasteiger partial charge in [-0.05, 0) is 53.9 Å². The Kier molecular flexibility index (Phi) is 7.29. The lowest BCUT2D eigenvalue weighted by atomic mass is 9.96. The predicted molar refractivity (Wildman–Crippen MR) is 125 cm³/mol. The number of nitrogens with one attached hydrogen (secondary N) is 1. The van der Waals surface area contributed by atoms with Crippen molar-refractivity contribution in [1.29, 1.82) is 0 Å². The van der Waals surface area contributed by atoms with Crippen LogP contribution in [0, 0.1) is 0 Å². The van der Waals surface area contributed by atoms with Gasteiger partial charge in [0.2, 0.25) is 0 Å². The fraction of sp³-hybridized carbons (Fsp3) is 0.280. The highest BCUT2D eigenvalue weighted by Gasteiger charge is 2.24. The summed E-state index contributed by atoms with van der Waals surface area (Å²) in [6.45, 7) is 4.61. The molecule has 3 aromatic rings. The molecular formula is C25H26Cl2N2O. The summed E-state index contributed by atoms with van der Waals surface area (Å²) in [5, 5.41) is 4.67. The average Bonchev–Trinajstić information content (AvgIpc) is 3.06. The van der Waals surface area contributed by atoms with Gasteiger partial charge in [0.1, 0.15) is 12.4 Å². The van der Waals surface area contributed by atoms with Gasteiger partial charge in [-0.25, -0.2) is 0 Å². The van der Waals surface area contributed by atoms with E-state index in [1.54, 1.807) is 0 Å². The van der Waals surface area contributed by atoms with E-state index in [2.05, 4.69) is 52.7 Å². The number of benzene rings is 3. The van der Waals surface area contributed by atoms with E-state index in [0.717, 1.165) is 49.5 Å². The summed E-state index contributed by atoms with van der Waals surface area (Å²) in [4.78, 5) is 2.51. The Morgan fingerprint density at radius 1 is 0.833 bits per heavy atom. The Bertz CT molecular complexity index is 939. The van der Waals surface area contributed by atoms with Crippen LogP contribution in [-0.2, 0) is 6.61 Å². The van der Waals surface area contributed by atoms with E-state index in [4.69, 9.17) is 27.9 Å². The first-order chi connectivity index (χ1) is 14.7. The average molecular weight is 441 g/mol. The van der Waals surface area contributed by atoms with Crippen LogP contribution in [0.3, 0.4) is 0 Å². The monoisotopic (exact) mass is 440 g/mol. The number of rotatable bonds is 6. The summed E-state index contributed by atoms with van der Waals surface area (Å²) in [6.07, 6.45) is 1.12. The lowest BCUT2D eigenvalue weighted by Gasteiger charge is -2.31. The van der Waals surface area contributed by atoms with Crippen LogP contribution in [0.1, 0.15) is 29.2 Å². The van der Waals surface area contributed by atoms with E-state index in [-0.39, 0.29) is 6.04 Å². The fourth-order valence-corrected chi connectivity index (χ4v) is 4.22. The highest BCUT2D eigenvalue weighted by molar-refractivity contribution is 6.42. The topological polar surface area (TPSA) is 24.5 Å². The second kappa shape index (κ2) is 10.3. The van der Waals surface area contributed by atoms with Crippen LogP contribution in [0.4, 0.5) is 0 Å². The maximum absolute atomic E-state index is 6.36. The molecule has 0 bridgehead atoms. The van der Waals surface area contributed by atoms with Crippen molar-refractivity contribution in [1.82, 2.24) is 10.2 Å². The zero-order chi connectivity index (χ0) is 20.8. The third-order valence-corrected chi connectivity index (χ3v) is 6.18. The summed E-state index contributed by atoms with van der Waals surface area (Å²) < 4.78 is 5.97. The van der Waals surface area contributed by atoms with E-state index in [9.17, 15) is 0 Å². The molecule has 0 spiro atoms. The van der Waals surface area contributed by atoms with Crippen molar-refractivity contribution < 1.29 is 4.74 Å². The van der Waals surface area contributed by atoms with Crippen LogP contribution in [0.25, 0.3) is 0 Å². The SMILES string of the molecule is Clc1ccc(C(c2ccc(OCc3ccccc3)cc2)N2CCCNCC2)cc1Cl. The Morgan fingerprint density at radius 3 is 2.37 bits per heavy atom. The number of ether oxygens (including phenoxy) is 1. The van der Waals surface area contributed by atoms with Crippen molar-refractivity contribution in [2.75, 3.05) is 26.2 Å². The molecule has 0 amide bonds. The zero-order valence-corrected chi connectivity index (χ0v) is 18.4. The number of halogens is 2. The van der Waals surface area contributed by atoms with Gasteiger partial charge in [-0.3, -0.25) is 4.90 Å². The van der Waals surface area contributed by atoms with Crippen molar-refractivity contribution >= 4 is 23.2 Å².